The highest BCUT2D eigenvalue weighted by Gasteiger charge is 2.28. The lowest BCUT2D eigenvalue weighted by Crippen LogP contribution is -2.32. The van der Waals surface area contributed by atoms with Crippen LogP contribution < -0.4 is 5.09 Å². The van der Waals surface area contributed by atoms with Crippen LogP contribution in [0.2, 0.25) is 0 Å². The topological polar surface area (TPSA) is 47.6 Å². The molecule has 18 heavy (non-hydrogen) atoms. The molecule has 3 atom stereocenters. The average molecular weight is 289 g/mol. The van der Waals surface area contributed by atoms with Gasteiger partial charge in [0.1, 0.15) is 12.6 Å². The molecule has 0 aromatic heterocycles. The lowest BCUT2D eigenvalue weighted by atomic mass is 10.4. The summed E-state index contributed by atoms with van der Waals surface area (Å²) in [6, 6.07) is -0.549. The molecule has 0 radical (unpaired) electrons. The van der Waals surface area contributed by atoms with Crippen LogP contribution in [-0.4, -0.2) is 37.2 Å². The molecule has 8 heteroatoms. The molecule has 0 amide bonds. The van der Waals surface area contributed by atoms with Crippen molar-refractivity contribution in [2.45, 2.75) is 45.3 Å². The third-order valence-corrected chi connectivity index (χ3v) is 2.97. The van der Waals surface area contributed by atoms with Crippen molar-refractivity contribution in [3.05, 3.63) is 0 Å². The highest BCUT2D eigenvalue weighted by atomic mass is 31.1. The average Bonchev–Trinajstić information content (AvgIpc) is 2.29. The number of hydrogen-bond acceptors (Lipinski definition) is 4. The van der Waals surface area contributed by atoms with Crippen LogP contribution in [0.1, 0.15) is 27.2 Å². The predicted molar refractivity (Wildman–Crippen MR) is 63.6 cm³/mol. The lowest BCUT2D eigenvalue weighted by molar-refractivity contribution is -0.176. The van der Waals surface area contributed by atoms with Gasteiger partial charge in [0.2, 0.25) is 0 Å². The number of halogens is 3. The second-order valence-corrected chi connectivity index (χ2v) is 5.14. The molecule has 0 spiro atoms. The van der Waals surface area contributed by atoms with Crippen molar-refractivity contribution in [2.24, 2.45) is 0 Å². The summed E-state index contributed by atoms with van der Waals surface area (Å²) < 4.78 is 45.1. The number of esters is 1. The molecule has 0 aliphatic carbocycles. The molecule has 3 unspecified atom stereocenters. The quantitative estimate of drug-likeness (QED) is 0.551. The van der Waals surface area contributed by atoms with Gasteiger partial charge in [0.05, 0.1) is 12.5 Å². The Labute approximate surface area is 106 Å². The zero-order valence-electron chi connectivity index (χ0n) is 10.6. The van der Waals surface area contributed by atoms with Crippen LogP contribution in [0.3, 0.4) is 0 Å². The Morgan fingerprint density at radius 2 is 2.00 bits per heavy atom. The molecule has 0 heterocycles. The van der Waals surface area contributed by atoms with E-state index >= 15 is 0 Å². The minimum Gasteiger partial charge on any atom is -0.465 e. The molecule has 0 aromatic rings. The number of alkyl halides is 3. The summed E-state index contributed by atoms with van der Waals surface area (Å²) in [6.07, 6.45) is -3.60. The van der Waals surface area contributed by atoms with Crippen molar-refractivity contribution in [1.29, 1.82) is 0 Å². The van der Waals surface area contributed by atoms with E-state index < -0.39 is 30.6 Å². The van der Waals surface area contributed by atoms with Crippen molar-refractivity contribution in [3.8, 4) is 0 Å². The van der Waals surface area contributed by atoms with E-state index in [9.17, 15) is 18.0 Å². The van der Waals surface area contributed by atoms with E-state index in [1.165, 1.54) is 6.92 Å². The lowest BCUT2D eigenvalue weighted by Gasteiger charge is -2.18. The molecule has 0 rings (SSSR count). The molecular weight excluding hydrogens is 270 g/mol. The minimum atomic E-state index is -4.33. The first kappa shape index (κ1) is 17.6. The van der Waals surface area contributed by atoms with Crippen LogP contribution in [0.25, 0.3) is 0 Å². The monoisotopic (exact) mass is 289 g/mol. The van der Waals surface area contributed by atoms with Crippen molar-refractivity contribution in [1.82, 2.24) is 5.09 Å². The van der Waals surface area contributed by atoms with Gasteiger partial charge in [-0.1, -0.05) is 6.92 Å². The number of carbonyl (C=O) groups is 1. The highest BCUT2D eigenvalue weighted by molar-refractivity contribution is 7.36. The van der Waals surface area contributed by atoms with Crippen LogP contribution in [0.5, 0.6) is 0 Å². The van der Waals surface area contributed by atoms with Gasteiger partial charge in [0.25, 0.3) is 0 Å². The van der Waals surface area contributed by atoms with Gasteiger partial charge >= 0.3 is 12.1 Å². The van der Waals surface area contributed by atoms with E-state index in [2.05, 4.69) is 9.82 Å². The molecule has 0 aliphatic heterocycles. The first-order chi connectivity index (χ1) is 8.26. The number of nitrogens with one attached hydrogen (secondary N) is 1. The number of carbonyl (C=O) groups excluding carboxylic acids is 1. The second-order valence-electron chi connectivity index (χ2n) is 3.75. The Hall–Kier alpha value is -0.390. The summed E-state index contributed by atoms with van der Waals surface area (Å²) in [7, 11) is -0.103. The summed E-state index contributed by atoms with van der Waals surface area (Å²) in [5.41, 5.74) is 0. The maximum atomic E-state index is 11.9. The van der Waals surface area contributed by atoms with Crippen LogP contribution in [0.4, 0.5) is 13.2 Å². The Kier molecular flexibility index (Phi) is 8.48. The van der Waals surface area contributed by atoms with Crippen LogP contribution in [0, 0.1) is 0 Å². The third kappa shape index (κ3) is 9.62. The van der Waals surface area contributed by atoms with Crippen molar-refractivity contribution < 1.29 is 27.4 Å². The molecule has 4 nitrogen and oxygen atoms in total. The summed E-state index contributed by atoms with van der Waals surface area (Å²) in [4.78, 5) is 11.3. The molecule has 0 bridgehead atoms. The fourth-order valence-corrected chi connectivity index (χ4v) is 1.66. The van der Waals surface area contributed by atoms with Gasteiger partial charge in [-0.2, -0.15) is 13.2 Å². The summed E-state index contributed by atoms with van der Waals surface area (Å²) >= 11 is 0. The van der Waals surface area contributed by atoms with Gasteiger partial charge in [0.15, 0.2) is 0 Å². The third-order valence-electron chi connectivity index (χ3n) is 1.80. The fourth-order valence-electron chi connectivity index (χ4n) is 0.890. The van der Waals surface area contributed by atoms with Gasteiger partial charge in [-0.05, 0) is 29.0 Å². The van der Waals surface area contributed by atoms with Gasteiger partial charge in [-0.3, -0.25) is 9.88 Å². The van der Waals surface area contributed by atoms with E-state index in [1.54, 1.807) is 6.92 Å². The number of ether oxygens (including phenoxy) is 2. The van der Waals surface area contributed by atoms with E-state index in [4.69, 9.17) is 4.74 Å². The molecule has 0 aliphatic rings. The van der Waals surface area contributed by atoms with Crippen molar-refractivity contribution in [2.75, 3.05) is 13.2 Å². The maximum Gasteiger partial charge on any atom is 0.411 e. The van der Waals surface area contributed by atoms with Gasteiger partial charge < -0.3 is 9.47 Å². The summed E-state index contributed by atoms with van der Waals surface area (Å²) in [5.74, 6) is -1.01. The van der Waals surface area contributed by atoms with Gasteiger partial charge in [0, 0.05) is 0 Å². The first-order valence-electron chi connectivity index (χ1n) is 5.62. The fraction of sp³-hybridized carbons (Fsp3) is 0.900. The largest absolute Gasteiger partial charge is 0.465 e. The van der Waals surface area contributed by atoms with Crippen molar-refractivity contribution in [3.63, 3.8) is 0 Å². The van der Waals surface area contributed by atoms with Crippen molar-refractivity contribution >= 4 is 14.7 Å². The minimum absolute atomic E-state index is 0.103. The normalized spacial score (nSPS) is 15.9. The Bertz CT molecular complexity index is 251. The van der Waals surface area contributed by atoms with Crippen LogP contribution >= 0.6 is 8.73 Å². The maximum absolute atomic E-state index is 11.9. The van der Waals surface area contributed by atoms with Crippen LogP contribution in [-0.2, 0) is 14.3 Å². The molecule has 0 fully saturated rings. The second kappa shape index (κ2) is 8.67. The highest BCUT2D eigenvalue weighted by Crippen LogP contribution is 2.21. The Morgan fingerprint density at radius 3 is 2.50 bits per heavy atom. The van der Waals surface area contributed by atoms with Gasteiger partial charge in [-0.15, -0.1) is 0 Å². The zero-order valence-corrected chi connectivity index (χ0v) is 11.6. The summed E-state index contributed by atoms with van der Waals surface area (Å²) in [5, 5.41) is 2.79. The Morgan fingerprint density at radius 1 is 1.39 bits per heavy atom. The molecule has 0 saturated carbocycles. The number of hydrogen-bond donors (Lipinski definition) is 1. The SMILES string of the molecule is CCCOC(=O)C(C)NPC(C)OCC(F)(F)F. The van der Waals surface area contributed by atoms with Gasteiger partial charge in [-0.25, -0.2) is 0 Å². The van der Waals surface area contributed by atoms with E-state index in [1.807, 2.05) is 6.92 Å². The molecule has 1 N–H and O–H groups in total. The summed E-state index contributed by atoms with van der Waals surface area (Å²) in [6.45, 7) is 4.05. The first-order valence-corrected chi connectivity index (χ1v) is 6.70. The molecule has 0 saturated heterocycles. The predicted octanol–water partition coefficient (Wildman–Crippen LogP) is 2.44. The van der Waals surface area contributed by atoms with E-state index in [0.717, 1.165) is 6.42 Å². The Balaban J connectivity index is 3.77. The molecular formula is C10H19F3NO3P. The molecule has 108 valence electrons. The van der Waals surface area contributed by atoms with Crippen LogP contribution in [0.15, 0.2) is 0 Å². The molecule has 0 aromatic carbocycles. The standard InChI is InChI=1S/C10H19F3NO3P/c1-4-5-16-9(15)7(2)14-18-8(3)17-6-10(11,12)13/h7-8,14,18H,4-6H2,1-3H3. The smallest absolute Gasteiger partial charge is 0.411 e. The number of rotatable bonds is 8. The van der Waals surface area contributed by atoms with E-state index in [-0.39, 0.29) is 8.73 Å². The zero-order chi connectivity index (χ0) is 14.2. The van der Waals surface area contributed by atoms with E-state index in [0.29, 0.717) is 6.61 Å².